The lowest BCUT2D eigenvalue weighted by Crippen LogP contribution is -2.25. The van der Waals surface area contributed by atoms with Gasteiger partial charge in [-0.15, -0.1) is 0 Å². The largest absolute Gasteiger partial charge is 0.380 e. The maximum atomic E-state index is 5.44. The van der Waals surface area contributed by atoms with Crippen LogP contribution < -0.4 is 0 Å². The zero-order valence-corrected chi connectivity index (χ0v) is 6.76. The molecule has 2 atom stereocenters. The van der Waals surface area contributed by atoms with Crippen molar-refractivity contribution in [2.24, 2.45) is 11.3 Å². The van der Waals surface area contributed by atoms with Gasteiger partial charge in [0.05, 0.1) is 13.2 Å². The molecule has 2 aliphatic heterocycles. The molecule has 0 saturated carbocycles. The van der Waals surface area contributed by atoms with Crippen molar-refractivity contribution in [1.82, 2.24) is 4.90 Å². The number of hydrogen-bond acceptors (Lipinski definition) is 2. The van der Waals surface area contributed by atoms with Crippen LogP contribution >= 0.6 is 0 Å². The summed E-state index contributed by atoms with van der Waals surface area (Å²) in [5.74, 6) is 0.803. The second-order valence-electron chi connectivity index (χ2n) is 4.06. The lowest BCUT2D eigenvalue weighted by molar-refractivity contribution is 0.141. The van der Waals surface area contributed by atoms with Gasteiger partial charge in [0.25, 0.3) is 0 Å². The van der Waals surface area contributed by atoms with Crippen LogP contribution in [0.3, 0.4) is 0 Å². The number of likely N-dealkylation sites (tertiary alicyclic amines) is 1. The first-order valence-electron chi connectivity index (χ1n) is 3.97. The Bertz CT molecular complexity index is 148. The molecule has 0 aromatic carbocycles. The van der Waals surface area contributed by atoms with Crippen LogP contribution in [0, 0.1) is 11.3 Å². The van der Waals surface area contributed by atoms with Gasteiger partial charge >= 0.3 is 0 Å². The number of nitrogens with zero attached hydrogens (tertiary/aromatic N) is 1. The monoisotopic (exact) mass is 141 g/mol. The Morgan fingerprint density at radius 3 is 3.10 bits per heavy atom. The molecule has 2 aliphatic rings. The van der Waals surface area contributed by atoms with E-state index in [4.69, 9.17) is 4.74 Å². The molecule has 1 unspecified atom stereocenters. The molecule has 0 radical (unpaired) electrons. The molecule has 0 N–H and O–H groups in total. The van der Waals surface area contributed by atoms with Gasteiger partial charge in [0.1, 0.15) is 0 Å². The highest BCUT2D eigenvalue weighted by Gasteiger charge is 2.45. The first-order valence-corrected chi connectivity index (χ1v) is 3.97. The molecule has 2 heteroatoms. The SMILES string of the molecule is CN1CC2COC[C@@]2(C)C1. The Labute approximate surface area is 62.2 Å². The lowest BCUT2D eigenvalue weighted by Gasteiger charge is -2.19. The zero-order chi connectivity index (χ0) is 7.19. The molecule has 0 aromatic heterocycles. The van der Waals surface area contributed by atoms with Crippen molar-refractivity contribution in [2.75, 3.05) is 33.4 Å². The van der Waals surface area contributed by atoms with Gasteiger partial charge in [0, 0.05) is 24.4 Å². The highest BCUT2D eigenvalue weighted by molar-refractivity contribution is 4.95. The summed E-state index contributed by atoms with van der Waals surface area (Å²) in [6.45, 7) is 6.76. The molecule has 2 heterocycles. The fourth-order valence-electron chi connectivity index (χ4n) is 2.26. The second kappa shape index (κ2) is 1.95. The molecule has 10 heavy (non-hydrogen) atoms. The standard InChI is InChI=1S/C8H15NO/c1-8-5-9(2)3-7(8)4-10-6-8/h7H,3-6H2,1-2H3/t7?,8-/m1/s1. The molecule has 0 spiro atoms. The maximum Gasteiger partial charge on any atom is 0.0536 e. The first kappa shape index (κ1) is 6.62. The summed E-state index contributed by atoms with van der Waals surface area (Å²) in [6.07, 6.45) is 0. The van der Waals surface area contributed by atoms with Gasteiger partial charge < -0.3 is 9.64 Å². The van der Waals surface area contributed by atoms with Crippen LogP contribution in [0.1, 0.15) is 6.92 Å². The summed E-state index contributed by atoms with van der Waals surface area (Å²) in [4.78, 5) is 2.41. The highest BCUT2D eigenvalue weighted by Crippen LogP contribution is 2.39. The average Bonchev–Trinajstić information content (AvgIpc) is 2.20. The minimum atomic E-state index is 0.481. The van der Waals surface area contributed by atoms with Crippen LogP contribution in [0.4, 0.5) is 0 Å². The molecule has 0 bridgehead atoms. The van der Waals surface area contributed by atoms with Crippen molar-refractivity contribution in [2.45, 2.75) is 6.92 Å². The quantitative estimate of drug-likeness (QED) is 0.489. The smallest absolute Gasteiger partial charge is 0.0536 e. The van der Waals surface area contributed by atoms with E-state index >= 15 is 0 Å². The minimum Gasteiger partial charge on any atom is -0.380 e. The Balaban J connectivity index is 2.15. The number of hydrogen-bond donors (Lipinski definition) is 0. The van der Waals surface area contributed by atoms with Gasteiger partial charge in [-0.25, -0.2) is 0 Å². The molecule has 0 aromatic rings. The van der Waals surface area contributed by atoms with Crippen LogP contribution in [0.2, 0.25) is 0 Å². The predicted octanol–water partition coefficient (Wildman–Crippen LogP) is 0.585. The van der Waals surface area contributed by atoms with Crippen molar-refractivity contribution in [3.05, 3.63) is 0 Å². The molecule has 2 rings (SSSR count). The summed E-state index contributed by atoms with van der Waals surface area (Å²) in [5, 5.41) is 0. The van der Waals surface area contributed by atoms with Crippen LogP contribution in [0.25, 0.3) is 0 Å². The van der Waals surface area contributed by atoms with Crippen molar-refractivity contribution >= 4 is 0 Å². The topological polar surface area (TPSA) is 12.5 Å². The van der Waals surface area contributed by atoms with E-state index in [0.29, 0.717) is 5.41 Å². The molecule has 0 amide bonds. The minimum absolute atomic E-state index is 0.481. The van der Waals surface area contributed by atoms with Gasteiger partial charge in [-0.1, -0.05) is 6.92 Å². The van der Waals surface area contributed by atoms with Crippen LogP contribution in [0.5, 0.6) is 0 Å². The summed E-state index contributed by atoms with van der Waals surface area (Å²) in [5.41, 5.74) is 0.481. The molecule has 2 nitrogen and oxygen atoms in total. The van der Waals surface area contributed by atoms with E-state index in [0.717, 1.165) is 19.1 Å². The maximum absolute atomic E-state index is 5.44. The van der Waals surface area contributed by atoms with Crippen LogP contribution in [0.15, 0.2) is 0 Å². The third-order valence-corrected chi connectivity index (χ3v) is 2.90. The van der Waals surface area contributed by atoms with Crippen molar-refractivity contribution < 1.29 is 4.74 Å². The number of fused-ring (bicyclic) bond motifs is 1. The van der Waals surface area contributed by atoms with Crippen LogP contribution in [-0.2, 0) is 4.74 Å². The van der Waals surface area contributed by atoms with E-state index in [2.05, 4.69) is 18.9 Å². The van der Waals surface area contributed by atoms with E-state index in [9.17, 15) is 0 Å². The third-order valence-electron chi connectivity index (χ3n) is 2.90. The number of rotatable bonds is 0. The molecule has 0 aliphatic carbocycles. The van der Waals surface area contributed by atoms with E-state index in [-0.39, 0.29) is 0 Å². The third kappa shape index (κ3) is 0.789. The molecule has 58 valence electrons. The average molecular weight is 141 g/mol. The van der Waals surface area contributed by atoms with Crippen molar-refractivity contribution in [3.63, 3.8) is 0 Å². The van der Waals surface area contributed by atoms with Gasteiger partial charge in [0.2, 0.25) is 0 Å². The summed E-state index contributed by atoms with van der Waals surface area (Å²) >= 11 is 0. The fourth-order valence-corrected chi connectivity index (χ4v) is 2.26. The van der Waals surface area contributed by atoms with Gasteiger partial charge in [-0.2, -0.15) is 0 Å². The summed E-state index contributed by atoms with van der Waals surface area (Å²) < 4.78 is 5.44. The highest BCUT2D eigenvalue weighted by atomic mass is 16.5. The normalized spacial score (nSPS) is 48.0. The van der Waals surface area contributed by atoms with Crippen LogP contribution in [-0.4, -0.2) is 38.3 Å². The fraction of sp³-hybridized carbons (Fsp3) is 1.00. The predicted molar refractivity (Wildman–Crippen MR) is 39.9 cm³/mol. The molecular formula is C8H15NO. The zero-order valence-electron chi connectivity index (χ0n) is 6.76. The number of ether oxygens (including phenoxy) is 1. The van der Waals surface area contributed by atoms with Gasteiger partial charge in [-0.3, -0.25) is 0 Å². The molecule has 2 fully saturated rings. The van der Waals surface area contributed by atoms with E-state index in [1.807, 2.05) is 0 Å². The Hall–Kier alpha value is -0.0800. The summed E-state index contributed by atoms with van der Waals surface area (Å²) in [6, 6.07) is 0. The van der Waals surface area contributed by atoms with E-state index in [1.54, 1.807) is 0 Å². The van der Waals surface area contributed by atoms with Gasteiger partial charge in [0.15, 0.2) is 0 Å². The first-order chi connectivity index (χ1) is 4.71. The van der Waals surface area contributed by atoms with E-state index < -0.39 is 0 Å². The summed E-state index contributed by atoms with van der Waals surface area (Å²) in [7, 11) is 2.20. The second-order valence-corrected chi connectivity index (χ2v) is 4.06. The van der Waals surface area contributed by atoms with Gasteiger partial charge in [-0.05, 0) is 7.05 Å². The van der Waals surface area contributed by atoms with E-state index in [1.165, 1.54) is 13.1 Å². The lowest BCUT2D eigenvalue weighted by atomic mass is 9.83. The Kier molecular flexibility index (Phi) is 1.29. The van der Waals surface area contributed by atoms with Crippen molar-refractivity contribution in [1.29, 1.82) is 0 Å². The Morgan fingerprint density at radius 2 is 2.40 bits per heavy atom. The Morgan fingerprint density at radius 1 is 1.60 bits per heavy atom. The molecule has 2 saturated heterocycles. The molecular weight excluding hydrogens is 126 g/mol. The van der Waals surface area contributed by atoms with Crippen molar-refractivity contribution in [3.8, 4) is 0 Å².